The highest BCUT2D eigenvalue weighted by atomic mass is 32.1. The van der Waals surface area contributed by atoms with Gasteiger partial charge in [0.05, 0.1) is 29.3 Å². The molecule has 3 aromatic heterocycles. The lowest BCUT2D eigenvalue weighted by molar-refractivity contribution is 0.415. The number of rotatable bonds is 4. The van der Waals surface area contributed by atoms with Crippen molar-refractivity contribution in [1.29, 1.82) is 10.5 Å². The molecule has 0 saturated carbocycles. The second kappa shape index (κ2) is 7.55. The van der Waals surface area contributed by atoms with E-state index in [9.17, 15) is 10.5 Å². The average Bonchev–Trinajstić information content (AvgIpc) is 3.40. The lowest BCUT2D eigenvalue weighted by Crippen LogP contribution is -1.98. The van der Waals surface area contributed by atoms with Crippen LogP contribution in [0.1, 0.15) is 33.2 Å². The number of nitrogens with zero attached hydrogens (tertiary/aromatic N) is 4. The second-order valence-electron chi connectivity index (χ2n) is 6.99. The molecule has 6 nitrogen and oxygen atoms in total. The van der Waals surface area contributed by atoms with Crippen molar-refractivity contribution in [3.05, 3.63) is 63.5 Å². The SMILES string of the molecule is COc1ccc2[nH]c(/C(C#N)=C/c3cc(C)n(-c4sc(C)cc4C#N)c3C)nc2c1. The highest BCUT2D eigenvalue weighted by Crippen LogP contribution is 2.31. The van der Waals surface area contributed by atoms with Gasteiger partial charge < -0.3 is 14.3 Å². The summed E-state index contributed by atoms with van der Waals surface area (Å²) in [5.74, 6) is 1.22. The molecule has 0 spiro atoms. The topological polar surface area (TPSA) is 90.4 Å². The lowest BCUT2D eigenvalue weighted by Gasteiger charge is -2.07. The summed E-state index contributed by atoms with van der Waals surface area (Å²) in [6, 6.07) is 14.0. The molecule has 0 saturated heterocycles. The first-order valence-electron chi connectivity index (χ1n) is 9.31. The number of methoxy groups -OCH3 is 1. The maximum absolute atomic E-state index is 9.79. The molecule has 0 unspecified atom stereocenters. The van der Waals surface area contributed by atoms with Crippen LogP contribution in [0, 0.1) is 43.4 Å². The minimum Gasteiger partial charge on any atom is -0.497 e. The smallest absolute Gasteiger partial charge is 0.149 e. The summed E-state index contributed by atoms with van der Waals surface area (Å²) >= 11 is 1.59. The number of nitriles is 2. The van der Waals surface area contributed by atoms with Gasteiger partial charge in [-0.3, -0.25) is 0 Å². The van der Waals surface area contributed by atoms with Gasteiger partial charge in [0, 0.05) is 22.3 Å². The van der Waals surface area contributed by atoms with Crippen molar-refractivity contribution >= 4 is 34.0 Å². The maximum Gasteiger partial charge on any atom is 0.149 e. The Hall–Kier alpha value is -3.81. The van der Waals surface area contributed by atoms with Crippen LogP contribution in [0.25, 0.3) is 27.7 Å². The fraction of sp³-hybridized carbons (Fsp3) is 0.174. The van der Waals surface area contributed by atoms with Crippen molar-refractivity contribution in [1.82, 2.24) is 14.5 Å². The Bertz CT molecular complexity index is 1390. The quantitative estimate of drug-likeness (QED) is 0.461. The van der Waals surface area contributed by atoms with Crippen LogP contribution in [0.2, 0.25) is 0 Å². The number of ether oxygens (including phenoxy) is 1. The predicted octanol–water partition coefficient (Wildman–Crippen LogP) is 5.28. The number of aromatic amines is 1. The molecule has 4 aromatic rings. The molecule has 1 N–H and O–H groups in total. The first-order valence-corrected chi connectivity index (χ1v) is 10.1. The molecule has 7 heteroatoms. The van der Waals surface area contributed by atoms with Crippen molar-refractivity contribution < 1.29 is 4.74 Å². The summed E-state index contributed by atoms with van der Waals surface area (Å²) < 4.78 is 7.32. The van der Waals surface area contributed by atoms with Crippen LogP contribution in [0.15, 0.2) is 30.3 Å². The number of aryl methyl sites for hydroxylation is 2. The van der Waals surface area contributed by atoms with Crippen LogP contribution in [0.5, 0.6) is 5.75 Å². The van der Waals surface area contributed by atoms with E-state index in [2.05, 4.69) is 26.7 Å². The molecular formula is C23H19N5OS. The molecule has 30 heavy (non-hydrogen) atoms. The molecule has 4 rings (SSSR count). The second-order valence-corrected chi connectivity index (χ2v) is 8.22. The van der Waals surface area contributed by atoms with Crippen LogP contribution in [-0.2, 0) is 0 Å². The summed E-state index contributed by atoms with van der Waals surface area (Å²) in [6.45, 7) is 5.99. The summed E-state index contributed by atoms with van der Waals surface area (Å²) in [4.78, 5) is 8.85. The number of allylic oxidation sites excluding steroid dienone is 1. The fourth-order valence-corrected chi connectivity index (χ4v) is 4.61. The first kappa shape index (κ1) is 19.5. The van der Waals surface area contributed by atoms with Crippen molar-refractivity contribution in [3.63, 3.8) is 0 Å². The number of aromatic nitrogens is 3. The van der Waals surface area contributed by atoms with E-state index in [4.69, 9.17) is 4.74 Å². The van der Waals surface area contributed by atoms with E-state index in [1.807, 2.05) is 57.2 Å². The molecule has 0 bridgehead atoms. The number of thiophene rings is 1. The van der Waals surface area contributed by atoms with Crippen molar-refractivity contribution in [2.24, 2.45) is 0 Å². The number of imidazole rings is 1. The van der Waals surface area contributed by atoms with E-state index in [1.165, 1.54) is 0 Å². The predicted molar refractivity (Wildman–Crippen MR) is 119 cm³/mol. The number of hydrogen-bond acceptors (Lipinski definition) is 5. The molecule has 148 valence electrons. The van der Waals surface area contributed by atoms with Crippen LogP contribution in [-0.4, -0.2) is 21.6 Å². The number of benzene rings is 1. The molecule has 0 fully saturated rings. The zero-order chi connectivity index (χ0) is 21.4. The fourth-order valence-electron chi connectivity index (χ4n) is 3.54. The molecule has 0 amide bonds. The van der Waals surface area contributed by atoms with Crippen LogP contribution in [0.3, 0.4) is 0 Å². The van der Waals surface area contributed by atoms with Crippen LogP contribution >= 0.6 is 11.3 Å². The zero-order valence-electron chi connectivity index (χ0n) is 17.1. The van der Waals surface area contributed by atoms with Crippen molar-refractivity contribution in [3.8, 4) is 22.9 Å². The van der Waals surface area contributed by atoms with Gasteiger partial charge in [-0.25, -0.2) is 4.98 Å². The third kappa shape index (κ3) is 3.26. The van der Waals surface area contributed by atoms with Gasteiger partial charge >= 0.3 is 0 Å². The third-order valence-corrected chi connectivity index (χ3v) is 6.03. The third-order valence-electron chi connectivity index (χ3n) is 5.00. The Morgan fingerprint density at radius 3 is 2.70 bits per heavy atom. The molecule has 3 heterocycles. The monoisotopic (exact) mass is 413 g/mol. The van der Waals surface area contributed by atoms with E-state index in [-0.39, 0.29) is 0 Å². The van der Waals surface area contributed by atoms with Gasteiger partial charge in [-0.15, -0.1) is 11.3 Å². The number of H-pyrrole nitrogens is 1. The standard InChI is InChI=1S/C23H19N5OS/c1-13-7-16(15(3)28(13)23-18(12-25)8-14(2)30-23)9-17(11-24)22-26-20-6-5-19(29-4)10-21(20)27-22/h5-10H,1-4H3,(H,26,27)/b17-9+. The van der Waals surface area contributed by atoms with E-state index in [0.717, 1.165) is 37.9 Å². The Morgan fingerprint density at radius 1 is 1.20 bits per heavy atom. The Balaban J connectivity index is 1.81. The number of fused-ring (bicyclic) bond motifs is 1. The molecule has 0 aliphatic rings. The molecule has 0 aliphatic carbocycles. The minimum atomic E-state index is 0.438. The van der Waals surface area contributed by atoms with E-state index < -0.39 is 0 Å². The summed E-state index contributed by atoms with van der Waals surface area (Å²) in [7, 11) is 1.61. The van der Waals surface area contributed by atoms with Crippen molar-refractivity contribution in [2.45, 2.75) is 20.8 Å². The van der Waals surface area contributed by atoms with E-state index in [1.54, 1.807) is 18.4 Å². The normalized spacial score (nSPS) is 11.5. The minimum absolute atomic E-state index is 0.438. The highest BCUT2D eigenvalue weighted by Gasteiger charge is 2.17. The summed E-state index contributed by atoms with van der Waals surface area (Å²) in [5.41, 5.74) is 5.56. The lowest BCUT2D eigenvalue weighted by atomic mass is 10.1. The van der Waals surface area contributed by atoms with Gasteiger partial charge in [0.2, 0.25) is 0 Å². The van der Waals surface area contributed by atoms with Gasteiger partial charge in [-0.2, -0.15) is 10.5 Å². The number of hydrogen-bond donors (Lipinski definition) is 1. The van der Waals surface area contributed by atoms with Gasteiger partial charge in [0.25, 0.3) is 0 Å². The Morgan fingerprint density at radius 2 is 2.00 bits per heavy atom. The van der Waals surface area contributed by atoms with E-state index in [0.29, 0.717) is 22.7 Å². The Kier molecular flexibility index (Phi) is 4.91. The molecule has 1 aromatic carbocycles. The van der Waals surface area contributed by atoms with Crippen LogP contribution < -0.4 is 4.74 Å². The zero-order valence-corrected chi connectivity index (χ0v) is 17.9. The summed E-state index contributed by atoms with van der Waals surface area (Å²) in [5, 5.41) is 20.2. The molecule has 0 radical (unpaired) electrons. The van der Waals surface area contributed by atoms with Gasteiger partial charge in [0.1, 0.15) is 28.7 Å². The highest BCUT2D eigenvalue weighted by molar-refractivity contribution is 7.14. The average molecular weight is 414 g/mol. The van der Waals surface area contributed by atoms with Gasteiger partial charge in [-0.1, -0.05) is 0 Å². The van der Waals surface area contributed by atoms with Crippen molar-refractivity contribution in [2.75, 3.05) is 7.11 Å². The molecular weight excluding hydrogens is 394 g/mol. The number of nitrogens with one attached hydrogen (secondary N) is 1. The van der Waals surface area contributed by atoms with Gasteiger partial charge in [0.15, 0.2) is 0 Å². The molecule has 0 aliphatic heterocycles. The first-order chi connectivity index (χ1) is 14.4. The Labute approximate surface area is 178 Å². The largest absolute Gasteiger partial charge is 0.497 e. The summed E-state index contributed by atoms with van der Waals surface area (Å²) in [6.07, 6.45) is 1.83. The molecule has 0 atom stereocenters. The van der Waals surface area contributed by atoms with E-state index >= 15 is 0 Å². The van der Waals surface area contributed by atoms with Crippen LogP contribution in [0.4, 0.5) is 0 Å². The van der Waals surface area contributed by atoms with Gasteiger partial charge in [-0.05, 0) is 56.7 Å². The maximum atomic E-state index is 9.79.